The van der Waals surface area contributed by atoms with Crippen molar-refractivity contribution in [3.05, 3.63) is 18.2 Å². The van der Waals surface area contributed by atoms with Crippen molar-refractivity contribution in [1.29, 1.82) is 0 Å². The van der Waals surface area contributed by atoms with Crippen LogP contribution >= 0.6 is 0 Å². The molecule has 0 amide bonds. The Kier molecular flexibility index (Phi) is 8.14. The number of aliphatic hydroxyl groups is 1. The third-order valence-electron chi connectivity index (χ3n) is 14.8. The molecule has 1 aliphatic heterocycles. The van der Waals surface area contributed by atoms with Gasteiger partial charge in [-0.25, -0.2) is 0 Å². The first kappa shape index (κ1) is 33.9. The summed E-state index contributed by atoms with van der Waals surface area (Å²) >= 11 is 0. The highest BCUT2D eigenvalue weighted by Crippen LogP contribution is 2.76. The molecule has 6 rings (SSSR count). The van der Waals surface area contributed by atoms with Gasteiger partial charge in [0.2, 0.25) is 0 Å². The van der Waals surface area contributed by atoms with Crippen molar-refractivity contribution in [3.63, 3.8) is 0 Å². The SMILES string of the molecule is CC(C)(O)[C@@H]1CC[C@@](C)([C@H]2CC[C@]3(C)[C@@H]2CC[C@@H]2[C@@]4(C)CCC(=NNc5ccc(N(O)O)cc5N(O)O)C(C)(C)[C@@H]4CC[C@]23C)O1. The summed E-state index contributed by atoms with van der Waals surface area (Å²) in [6.07, 6.45) is 11.1. The van der Waals surface area contributed by atoms with E-state index in [1.807, 2.05) is 13.8 Å². The molecule has 10 nitrogen and oxygen atoms in total. The Morgan fingerprint density at radius 2 is 1.50 bits per heavy atom. The molecule has 0 unspecified atom stereocenters. The lowest BCUT2D eigenvalue weighted by Crippen LogP contribution is -2.63. The number of anilines is 3. The van der Waals surface area contributed by atoms with Crippen molar-refractivity contribution in [1.82, 2.24) is 0 Å². The molecule has 0 radical (unpaired) electrons. The second kappa shape index (κ2) is 11.0. The molecule has 5 fully saturated rings. The van der Waals surface area contributed by atoms with Gasteiger partial charge in [-0.2, -0.15) is 5.10 Å². The fourth-order valence-electron chi connectivity index (χ4n) is 12.2. The van der Waals surface area contributed by atoms with Crippen molar-refractivity contribution < 1.29 is 30.7 Å². The standard InChI is InChI=1S/C36H58N4O6/c1-31(2)27-14-19-35(7)28(12-10-23-24(13-18-34(23,35)6)36(8)20-16-30(46-36)32(3,4)41)33(27,5)17-15-29(31)38-37-25-11-9-22(39(42)43)21-26(25)40(44)45/h9,11,21,23-24,27-28,30,37,41-45H,10,12-20H2,1-8H3/t23-,24+,27+,28-,30+,33+,34-,35-,36+/m1/s1. The Morgan fingerprint density at radius 3 is 2.13 bits per heavy atom. The molecule has 1 heterocycles. The number of hydrogen-bond acceptors (Lipinski definition) is 10. The molecule has 258 valence electrons. The molecule has 1 aromatic carbocycles. The zero-order chi connectivity index (χ0) is 33.7. The highest BCUT2D eigenvalue weighted by Gasteiger charge is 2.69. The molecule has 46 heavy (non-hydrogen) atoms. The van der Waals surface area contributed by atoms with E-state index in [1.54, 1.807) is 0 Å². The van der Waals surface area contributed by atoms with E-state index in [0.717, 1.165) is 37.8 Å². The van der Waals surface area contributed by atoms with Gasteiger partial charge in [-0.3, -0.25) is 26.3 Å². The molecular formula is C36H58N4O6. The van der Waals surface area contributed by atoms with Crippen LogP contribution in [0.25, 0.3) is 0 Å². The normalized spacial score (nSPS) is 42.7. The van der Waals surface area contributed by atoms with E-state index in [-0.39, 0.29) is 55.2 Å². The van der Waals surface area contributed by atoms with E-state index < -0.39 is 5.60 Å². The molecule has 6 N–H and O–H groups in total. The molecule has 5 aliphatic rings. The molecule has 0 aromatic heterocycles. The number of hydrogen-bond donors (Lipinski definition) is 6. The van der Waals surface area contributed by atoms with Gasteiger partial charge in [-0.15, -0.1) is 10.5 Å². The summed E-state index contributed by atoms with van der Waals surface area (Å²) in [7, 11) is 0. The van der Waals surface area contributed by atoms with Crippen LogP contribution in [0, 0.1) is 45.3 Å². The van der Waals surface area contributed by atoms with Gasteiger partial charge in [0, 0.05) is 11.1 Å². The van der Waals surface area contributed by atoms with E-state index in [1.165, 1.54) is 50.3 Å². The van der Waals surface area contributed by atoms with Crippen molar-refractivity contribution in [2.75, 3.05) is 15.9 Å². The van der Waals surface area contributed by atoms with Gasteiger partial charge < -0.3 is 9.84 Å². The van der Waals surface area contributed by atoms with Crippen LogP contribution in [0.1, 0.15) is 120 Å². The first-order chi connectivity index (χ1) is 21.3. The third-order valence-corrected chi connectivity index (χ3v) is 14.8. The average molecular weight is 643 g/mol. The molecule has 1 saturated heterocycles. The molecule has 4 aliphatic carbocycles. The average Bonchev–Trinajstić information content (AvgIpc) is 3.54. The van der Waals surface area contributed by atoms with Crippen LogP contribution in [0.15, 0.2) is 23.3 Å². The summed E-state index contributed by atoms with van der Waals surface area (Å²) in [5.41, 5.74) is 3.99. The summed E-state index contributed by atoms with van der Waals surface area (Å²) in [6.45, 7) is 18.6. The van der Waals surface area contributed by atoms with E-state index in [0.29, 0.717) is 29.4 Å². The molecule has 0 bridgehead atoms. The summed E-state index contributed by atoms with van der Waals surface area (Å²) in [4.78, 5) is 0. The van der Waals surface area contributed by atoms with Crippen LogP contribution in [0.4, 0.5) is 17.1 Å². The number of nitrogens with one attached hydrogen (secondary N) is 1. The van der Waals surface area contributed by atoms with Gasteiger partial charge in [-0.05, 0) is 143 Å². The monoisotopic (exact) mass is 642 g/mol. The Labute approximate surface area is 274 Å². The van der Waals surface area contributed by atoms with Crippen molar-refractivity contribution in [2.45, 2.75) is 137 Å². The van der Waals surface area contributed by atoms with Crippen LogP contribution in [-0.2, 0) is 4.74 Å². The lowest BCUT2D eigenvalue weighted by molar-refractivity contribution is -0.201. The van der Waals surface area contributed by atoms with Gasteiger partial charge in [-0.1, -0.05) is 34.6 Å². The predicted octanol–water partition coefficient (Wildman–Crippen LogP) is 8.02. The van der Waals surface area contributed by atoms with Crippen LogP contribution in [0.5, 0.6) is 0 Å². The molecule has 0 spiro atoms. The first-order valence-electron chi connectivity index (χ1n) is 17.5. The maximum absolute atomic E-state index is 10.7. The van der Waals surface area contributed by atoms with Crippen molar-refractivity contribution in [3.8, 4) is 0 Å². The minimum Gasteiger partial charge on any atom is -0.388 e. The smallest absolute Gasteiger partial charge is 0.121 e. The number of hydrazone groups is 1. The number of fused-ring (bicyclic) bond motifs is 5. The maximum atomic E-state index is 10.7. The topological polar surface area (TPSA) is 141 Å². The first-order valence-corrected chi connectivity index (χ1v) is 17.5. The Bertz CT molecular complexity index is 1360. The number of ether oxygens (including phenoxy) is 1. The molecule has 1 aromatic rings. The van der Waals surface area contributed by atoms with Crippen LogP contribution in [0.2, 0.25) is 0 Å². The summed E-state index contributed by atoms with van der Waals surface area (Å²) in [5.74, 6) is 2.27. The Morgan fingerprint density at radius 1 is 0.804 bits per heavy atom. The van der Waals surface area contributed by atoms with Crippen LogP contribution < -0.4 is 15.9 Å². The third kappa shape index (κ3) is 5.00. The fourth-order valence-corrected chi connectivity index (χ4v) is 12.2. The van der Waals surface area contributed by atoms with E-state index in [9.17, 15) is 25.9 Å². The second-order valence-corrected chi connectivity index (χ2v) is 17.6. The van der Waals surface area contributed by atoms with Crippen molar-refractivity contribution in [2.24, 2.45) is 50.4 Å². The number of rotatable bonds is 6. The van der Waals surface area contributed by atoms with Gasteiger partial charge in [0.1, 0.15) is 5.69 Å². The van der Waals surface area contributed by atoms with Crippen molar-refractivity contribution >= 4 is 22.8 Å². The fraction of sp³-hybridized carbons (Fsp3) is 0.806. The zero-order valence-electron chi connectivity index (χ0n) is 29.2. The highest BCUT2D eigenvalue weighted by molar-refractivity contribution is 5.92. The second-order valence-electron chi connectivity index (χ2n) is 17.6. The lowest BCUT2D eigenvalue weighted by Gasteiger charge is -2.69. The predicted molar refractivity (Wildman–Crippen MR) is 177 cm³/mol. The largest absolute Gasteiger partial charge is 0.388 e. The lowest BCUT2D eigenvalue weighted by atomic mass is 9.35. The quantitative estimate of drug-likeness (QED) is 0.170. The van der Waals surface area contributed by atoms with Gasteiger partial charge in [0.15, 0.2) is 0 Å². The molecule has 10 heteroatoms. The Balaban J connectivity index is 1.23. The van der Waals surface area contributed by atoms with Crippen LogP contribution in [0.3, 0.4) is 0 Å². The minimum atomic E-state index is -0.811. The van der Waals surface area contributed by atoms with Gasteiger partial charge in [0.25, 0.3) is 0 Å². The summed E-state index contributed by atoms with van der Waals surface area (Å²) in [5, 5.41) is 53.8. The molecule has 9 atom stereocenters. The highest BCUT2D eigenvalue weighted by atomic mass is 16.8. The maximum Gasteiger partial charge on any atom is 0.121 e. The minimum absolute atomic E-state index is 0.0134. The molecule has 4 saturated carbocycles. The number of nitrogens with zero attached hydrogens (tertiary/aromatic N) is 3. The van der Waals surface area contributed by atoms with Crippen LogP contribution in [-0.4, -0.2) is 49.0 Å². The summed E-state index contributed by atoms with van der Waals surface area (Å²) in [6, 6.07) is 4.23. The van der Waals surface area contributed by atoms with E-state index in [4.69, 9.17) is 9.84 Å². The molecular weight excluding hydrogens is 584 g/mol. The van der Waals surface area contributed by atoms with Gasteiger partial charge >= 0.3 is 0 Å². The Hall–Kier alpha value is -1.95. The van der Waals surface area contributed by atoms with E-state index >= 15 is 0 Å². The zero-order valence-corrected chi connectivity index (χ0v) is 29.2. The number of benzene rings is 1. The van der Waals surface area contributed by atoms with Gasteiger partial charge in [0.05, 0.1) is 28.7 Å². The van der Waals surface area contributed by atoms with E-state index in [2.05, 4.69) is 47.0 Å². The summed E-state index contributed by atoms with van der Waals surface area (Å²) < 4.78 is 6.77.